The molecule has 6 heteroatoms. The molecule has 2 rings (SSSR count). The number of carbonyl (C=O) groups is 1. The molecule has 1 N–H and O–H groups in total. The molecule has 0 radical (unpaired) electrons. The van der Waals surface area contributed by atoms with Gasteiger partial charge in [-0.1, -0.05) is 0 Å². The number of benzene rings is 1. The van der Waals surface area contributed by atoms with Crippen LogP contribution in [0.1, 0.15) is 10.5 Å². The van der Waals surface area contributed by atoms with Crippen LogP contribution in [0.5, 0.6) is 11.5 Å². The van der Waals surface area contributed by atoms with Gasteiger partial charge in [-0.3, -0.25) is 0 Å². The summed E-state index contributed by atoms with van der Waals surface area (Å²) in [7, 11) is 3.05. The SMILES string of the molecule is COc1ccc(-c2nc(C(=O)O)co2)cc1OC. The van der Waals surface area contributed by atoms with Gasteiger partial charge in [-0.15, -0.1) is 0 Å². The third-order valence-corrected chi connectivity index (χ3v) is 2.35. The third-order valence-electron chi connectivity index (χ3n) is 2.35. The number of carboxylic acid groups (broad SMARTS) is 1. The molecule has 0 atom stereocenters. The average Bonchev–Trinajstić information content (AvgIpc) is 2.87. The molecular weight excluding hydrogens is 238 g/mol. The van der Waals surface area contributed by atoms with Crippen molar-refractivity contribution >= 4 is 5.97 Å². The zero-order chi connectivity index (χ0) is 13.1. The van der Waals surface area contributed by atoms with Crippen LogP contribution < -0.4 is 9.47 Å². The van der Waals surface area contributed by atoms with Gasteiger partial charge in [0.05, 0.1) is 14.2 Å². The van der Waals surface area contributed by atoms with E-state index in [1.54, 1.807) is 18.2 Å². The van der Waals surface area contributed by atoms with E-state index in [1.165, 1.54) is 14.2 Å². The van der Waals surface area contributed by atoms with E-state index >= 15 is 0 Å². The largest absolute Gasteiger partial charge is 0.493 e. The second-order valence-electron chi connectivity index (χ2n) is 3.41. The van der Waals surface area contributed by atoms with Gasteiger partial charge in [-0.2, -0.15) is 0 Å². The van der Waals surface area contributed by atoms with Crippen molar-refractivity contribution in [3.63, 3.8) is 0 Å². The molecule has 0 saturated carbocycles. The number of methoxy groups -OCH3 is 2. The minimum atomic E-state index is -1.13. The number of carboxylic acids is 1. The first-order chi connectivity index (χ1) is 8.65. The van der Waals surface area contributed by atoms with E-state index in [-0.39, 0.29) is 11.6 Å². The highest BCUT2D eigenvalue weighted by Crippen LogP contribution is 2.31. The van der Waals surface area contributed by atoms with Crippen molar-refractivity contribution in [1.82, 2.24) is 4.98 Å². The fourth-order valence-corrected chi connectivity index (χ4v) is 1.47. The lowest BCUT2D eigenvalue weighted by Crippen LogP contribution is -1.95. The summed E-state index contributed by atoms with van der Waals surface area (Å²) in [6.45, 7) is 0. The Labute approximate surface area is 103 Å². The lowest BCUT2D eigenvalue weighted by atomic mass is 10.2. The molecule has 1 aromatic carbocycles. The maximum Gasteiger partial charge on any atom is 0.357 e. The molecule has 2 aromatic rings. The van der Waals surface area contributed by atoms with Gasteiger partial charge in [-0.05, 0) is 18.2 Å². The highest BCUT2D eigenvalue weighted by atomic mass is 16.5. The number of aromatic carboxylic acids is 1. The summed E-state index contributed by atoms with van der Waals surface area (Å²) in [4.78, 5) is 14.6. The van der Waals surface area contributed by atoms with E-state index in [1.807, 2.05) is 0 Å². The van der Waals surface area contributed by atoms with Crippen molar-refractivity contribution in [2.45, 2.75) is 0 Å². The summed E-state index contributed by atoms with van der Waals surface area (Å²) >= 11 is 0. The molecule has 1 aromatic heterocycles. The summed E-state index contributed by atoms with van der Waals surface area (Å²) in [6.07, 6.45) is 1.09. The van der Waals surface area contributed by atoms with E-state index in [4.69, 9.17) is 19.0 Å². The molecule has 0 bridgehead atoms. The Kier molecular flexibility index (Phi) is 3.18. The Bertz CT molecular complexity index is 576. The van der Waals surface area contributed by atoms with Crippen molar-refractivity contribution in [3.05, 3.63) is 30.2 Å². The highest BCUT2D eigenvalue weighted by Gasteiger charge is 2.13. The zero-order valence-corrected chi connectivity index (χ0v) is 9.84. The number of ether oxygens (including phenoxy) is 2. The summed E-state index contributed by atoms with van der Waals surface area (Å²) in [5.74, 6) is 0.176. The molecule has 0 spiro atoms. The Morgan fingerprint density at radius 3 is 2.56 bits per heavy atom. The van der Waals surface area contributed by atoms with Crippen LogP contribution in [0.2, 0.25) is 0 Å². The van der Waals surface area contributed by atoms with Crippen molar-refractivity contribution in [2.24, 2.45) is 0 Å². The van der Waals surface area contributed by atoms with E-state index in [0.717, 1.165) is 6.26 Å². The number of oxazole rings is 1. The number of rotatable bonds is 4. The summed E-state index contributed by atoms with van der Waals surface area (Å²) in [5, 5.41) is 8.76. The minimum Gasteiger partial charge on any atom is -0.493 e. The molecule has 0 aliphatic rings. The van der Waals surface area contributed by atoms with Gasteiger partial charge >= 0.3 is 5.97 Å². The van der Waals surface area contributed by atoms with Crippen LogP contribution in [0, 0.1) is 0 Å². The maximum absolute atomic E-state index is 10.7. The number of hydrogen-bond donors (Lipinski definition) is 1. The third kappa shape index (κ3) is 2.13. The summed E-state index contributed by atoms with van der Waals surface area (Å²) in [6, 6.07) is 5.06. The van der Waals surface area contributed by atoms with Gasteiger partial charge in [0, 0.05) is 5.56 Å². The molecule has 0 unspecified atom stereocenters. The Morgan fingerprint density at radius 2 is 2.00 bits per heavy atom. The first-order valence-electron chi connectivity index (χ1n) is 5.07. The first kappa shape index (κ1) is 12.0. The van der Waals surface area contributed by atoms with Gasteiger partial charge in [0.1, 0.15) is 6.26 Å². The number of nitrogens with zero attached hydrogens (tertiary/aromatic N) is 1. The number of hydrogen-bond acceptors (Lipinski definition) is 5. The van der Waals surface area contributed by atoms with Crippen molar-refractivity contribution in [1.29, 1.82) is 0 Å². The minimum absolute atomic E-state index is 0.139. The predicted octanol–water partition coefficient (Wildman–Crippen LogP) is 2.06. The molecule has 0 aliphatic carbocycles. The second-order valence-corrected chi connectivity index (χ2v) is 3.41. The fourth-order valence-electron chi connectivity index (χ4n) is 1.47. The highest BCUT2D eigenvalue weighted by molar-refractivity contribution is 5.85. The predicted molar refractivity (Wildman–Crippen MR) is 62.0 cm³/mol. The molecule has 0 fully saturated rings. The standard InChI is InChI=1S/C12H11NO5/c1-16-9-4-3-7(5-10(9)17-2)11-13-8(6-18-11)12(14)15/h3-6H,1-2H3,(H,14,15). The Morgan fingerprint density at radius 1 is 1.28 bits per heavy atom. The molecule has 0 saturated heterocycles. The van der Waals surface area contributed by atoms with Gasteiger partial charge in [0.2, 0.25) is 5.89 Å². The summed E-state index contributed by atoms with van der Waals surface area (Å²) in [5.41, 5.74) is 0.472. The zero-order valence-electron chi connectivity index (χ0n) is 9.84. The van der Waals surface area contributed by atoms with Crippen LogP contribution >= 0.6 is 0 Å². The molecular formula is C12H11NO5. The average molecular weight is 249 g/mol. The fraction of sp³-hybridized carbons (Fsp3) is 0.167. The van der Waals surface area contributed by atoms with Crippen LogP contribution in [-0.4, -0.2) is 30.3 Å². The lowest BCUT2D eigenvalue weighted by Gasteiger charge is -2.07. The Hall–Kier alpha value is -2.50. The van der Waals surface area contributed by atoms with Crippen molar-refractivity contribution in [3.8, 4) is 23.0 Å². The topological polar surface area (TPSA) is 81.8 Å². The molecule has 0 amide bonds. The maximum atomic E-state index is 10.7. The van der Waals surface area contributed by atoms with Crippen molar-refractivity contribution in [2.75, 3.05) is 14.2 Å². The number of aromatic nitrogens is 1. The smallest absolute Gasteiger partial charge is 0.357 e. The Balaban J connectivity index is 2.41. The van der Waals surface area contributed by atoms with Gasteiger partial charge in [-0.25, -0.2) is 9.78 Å². The van der Waals surface area contributed by atoms with Crippen LogP contribution in [0.15, 0.2) is 28.9 Å². The monoisotopic (exact) mass is 249 g/mol. The lowest BCUT2D eigenvalue weighted by molar-refractivity contribution is 0.0690. The van der Waals surface area contributed by atoms with Gasteiger partial charge in [0.25, 0.3) is 0 Å². The van der Waals surface area contributed by atoms with Gasteiger partial charge in [0.15, 0.2) is 17.2 Å². The molecule has 6 nitrogen and oxygen atoms in total. The van der Waals surface area contributed by atoms with Crippen LogP contribution in [0.25, 0.3) is 11.5 Å². The quantitative estimate of drug-likeness (QED) is 0.893. The van der Waals surface area contributed by atoms with Gasteiger partial charge < -0.3 is 19.0 Å². The van der Waals surface area contributed by atoms with E-state index in [9.17, 15) is 4.79 Å². The van der Waals surface area contributed by atoms with E-state index in [0.29, 0.717) is 17.1 Å². The normalized spacial score (nSPS) is 10.1. The van der Waals surface area contributed by atoms with Crippen molar-refractivity contribution < 1.29 is 23.8 Å². The molecule has 0 aliphatic heterocycles. The van der Waals surface area contributed by atoms with Crippen LogP contribution in [0.4, 0.5) is 0 Å². The summed E-state index contributed by atoms with van der Waals surface area (Å²) < 4.78 is 15.3. The molecule has 1 heterocycles. The van der Waals surface area contributed by atoms with Crippen LogP contribution in [-0.2, 0) is 0 Å². The first-order valence-corrected chi connectivity index (χ1v) is 5.07. The molecule has 94 valence electrons. The van der Waals surface area contributed by atoms with Crippen LogP contribution in [0.3, 0.4) is 0 Å². The van der Waals surface area contributed by atoms with E-state index in [2.05, 4.69) is 4.98 Å². The molecule has 18 heavy (non-hydrogen) atoms. The van der Waals surface area contributed by atoms with E-state index < -0.39 is 5.97 Å². The second kappa shape index (κ2) is 4.79.